The average Bonchev–Trinajstić information content (AvgIpc) is 3.40. The van der Waals surface area contributed by atoms with Crippen LogP contribution in [0.15, 0.2) is 23.0 Å². The second kappa shape index (κ2) is 13.7. The quantitative estimate of drug-likeness (QED) is 0.145. The molecule has 1 aromatic carbocycles. The third-order valence-electron chi connectivity index (χ3n) is 9.82. The number of fused-ring (bicyclic) bond motifs is 5. The first kappa shape index (κ1) is 34.5. The predicted molar refractivity (Wildman–Crippen MR) is 176 cm³/mol. The third kappa shape index (κ3) is 6.53. The normalized spacial score (nSPS) is 18.2. The third-order valence-corrected chi connectivity index (χ3v) is 9.82. The predicted octanol–water partition coefficient (Wildman–Crippen LogP) is 3.98. The van der Waals surface area contributed by atoms with Crippen molar-refractivity contribution in [3.05, 3.63) is 62.2 Å². The number of aliphatic hydroxyl groups is 1. The van der Waals surface area contributed by atoms with Crippen LogP contribution in [0.1, 0.15) is 87.6 Å². The van der Waals surface area contributed by atoms with E-state index < -0.39 is 17.6 Å². The number of nitrogens with one attached hydrogen (secondary N) is 1. The molecule has 47 heavy (non-hydrogen) atoms. The first-order valence-corrected chi connectivity index (χ1v) is 16.6. The van der Waals surface area contributed by atoms with Crippen molar-refractivity contribution in [3.63, 3.8) is 0 Å². The van der Waals surface area contributed by atoms with Crippen LogP contribution in [-0.2, 0) is 44.1 Å². The number of aryl methyl sites for hydroxylation is 2. The number of amides is 1. The van der Waals surface area contributed by atoms with Crippen molar-refractivity contribution in [3.8, 4) is 11.4 Å². The number of carbonyl (C=O) groups excluding carboxylic acids is 3. The van der Waals surface area contributed by atoms with Gasteiger partial charge in [-0.15, -0.1) is 0 Å². The molecular formula is C36H45FN4O6. The molecule has 0 radical (unpaired) electrons. The highest BCUT2D eigenvalue weighted by atomic mass is 19.1. The number of hydrogen-bond acceptors (Lipinski definition) is 8. The van der Waals surface area contributed by atoms with Crippen LogP contribution in [0.4, 0.5) is 4.39 Å². The van der Waals surface area contributed by atoms with Crippen molar-refractivity contribution >= 4 is 28.4 Å². The summed E-state index contributed by atoms with van der Waals surface area (Å²) in [7, 11) is 0. The van der Waals surface area contributed by atoms with Crippen LogP contribution in [-0.4, -0.2) is 51.5 Å². The average molecular weight is 649 g/mol. The smallest absolute Gasteiger partial charge is 0.254 e. The summed E-state index contributed by atoms with van der Waals surface area (Å²) in [5, 5.41) is 14.8. The Morgan fingerprint density at radius 2 is 1.89 bits per heavy atom. The summed E-state index contributed by atoms with van der Waals surface area (Å²) in [4.78, 5) is 56.0. The number of carbonyl (C=O) groups is 3. The number of unbranched alkanes of at least 4 members (excludes halogenated alkanes) is 1. The van der Waals surface area contributed by atoms with Crippen LogP contribution in [0.3, 0.4) is 0 Å². The number of ether oxygens (including phenoxy) is 1. The van der Waals surface area contributed by atoms with Crippen molar-refractivity contribution in [2.45, 2.75) is 97.8 Å². The minimum Gasteiger partial charge on any atom is -0.377 e. The summed E-state index contributed by atoms with van der Waals surface area (Å²) in [6.07, 6.45) is 2.66. The van der Waals surface area contributed by atoms with E-state index in [0.29, 0.717) is 59.6 Å². The molecule has 0 fully saturated rings. The van der Waals surface area contributed by atoms with Crippen molar-refractivity contribution in [1.29, 1.82) is 0 Å². The van der Waals surface area contributed by atoms with E-state index in [4.69, 9.17) is 15.5 Å². The molecule has 1 aliphatic heterocycles. The molecule has 3 heterocycles. The lowest BCUT2D eigenvalue weighted by Crippen LogP contribution is -2.43. The summed E-state index contributed by atoms with van der Waals surface area (Å²) in [5.74, 6) is -1.58. The number of nitrogens with two attached hydrogens (primary N) is 1. The second-order valence-electron chi connectivity index (χ2n) is 13.4. The zero-order chi connectivity index (χ0) is 34.2. The first-order chi connectivity index (χ1) is 22.3. The molecule has 0 saturated heterocycles. The number of hydrogen-bond donors (Lipinski definition) is 3. The van der Waals surface area contributed by atoms with Gasteiger partial charge < -0.3 is 25.5 Å². The summed E-state index contributed by atoms with van der Waals surface area (Å²) in [6, 6.07) is 4.35. The Labute approximate surface area is 273 Å². The molecule has 1 amide bonds. The SMILES string of the molecule is CC[C@@]1(O)C(=O)CCc2c1cc1n(c2=O)Cc2c-1nc1cc(F)c(C)cc1c2CCCCOCNC(=O)[C@H](C)CC(=O)[C@@H](N)C(C)C. The molecule has 3 atom stereocenters. The zero-order valence-electron chi connectivity index (χ0n) is 27.9. The number of ketones is 2. The van der Waals surface area contributed by atoms with E-state index in [1.54, 1.807) is 37.5 Å². The maximum atomic E-state index is 14.7. The zero-order valence-corrected chi connectivity index (χ0v) is 27.9. The highest BCUT2D eigenvalue weighted by Gasteiger charge is 2.43. The Bertz CT molecular complexity index is 1800. The molecule has 0 bridgehead atoms. The van der Waals surface area contributed by atoms with Gasteiger partial charge in [0.15, 0.2) is 11.6 Å². The van der Waals surface area contributed by atoms with Gasteiger partial charge in [-0.05, 0) is 68.2 Å². The number of Topliss-reactive ketones (excluding diaryl/α,β-unsaturated/α-hetero) is 2. The lowest BCUT2D eigenvalue weighted by atomic mass is 9.77. The molecule has 0 spiro atoms. The summed E-state index contributed by atoms with van der Waals surface area (Å²) in [5.41, 5.74) is 8.68. The Balaban J connectivity index is 1.30. The van der Waals surface area contributed by atoms with E-state index in [0.717, 1.165) is 22.9 Å². The first-order valence-electron chi connectivity index (χ1n) is 16.6. The second-order valence-corrected chi connectivity index (χ2v) is 13.4. The van der Waals surface area contributed by atoms with E-state index >= 15 is 0 Å². The van der Waals surface area contributed by atoms with Crippen LogP contribution in [0, 0.1) is 24.6 Å². The van der Waals surface area contributed by atoms with Gasteiger partial charge >= 0.3 is 0 Å². The minimum absolute atomic E-state index is 0.00953. The van der Waals surface area contributed by atoms with Gasteiger partial charge in [-0.2, -0.15) is 0 Å². The number of aromatic nitrogens is 2. The summed E-state index contributed by atoms with van der Waals surface area (Å²) < 4.78 is 22.1. The highest BCUT2D eigenvalue weighted by Crippen LogP contribution is 2.41. The van der Waals surface area contributed by atoms with Crippen molar-refractivity contribution in [1.82, 2.24) is 14.9 Å². The highest BCUT2D eigenvalue weighted by molar-refractivity contribution is 5.92. The van der Waals surface area contributed by atoms with Crippen LogP contribution < -0.4 is 16.6 Å². The Morgan fingerprint density at radius 3 is 2.60 bits per heavy atom. The van der Waals surface area contributed by atoms with Crippen molar-refractivity contribution in [2.75, 3.05) is 13.3 Å². The van der Waals surface area contributed by atoms with Gasteiger partial charge in [0.2, 0.25) is 5.91 Å². The molecular weight excluding hydrogens is 603 g/mol. The molecule has 252 valence electrons. The molecule has 2 aliphatic rings. The van der Waals surface area contributed by atoms with Crippen LogP contribution in [0.25, 0.3) is 22.3 Å². The molecule has 4 N–H and O–H groups in total. The van der Waals surface area contributed by atoms with E-state index in [1.807, 2.05) is 13.8 Å². The number of halogens is 1. The largest absolute Gasteiger partial charge is 0.377 e. The van der Waals surface area contributed by atoms with Crippen LogP contribution in [0.2, 0.25) is 0 Å². The molecule has 5 rings (SSSR count). The van der Waals surface area contributed by atoms with Gasteiger partial charge in [-0.25, -0.2) is 9.37 Å². The maximum absolute atomic E-state index is 14.7. The lowest BCUT2D eigenvalue weighted by Gasteiger charge is -2.32. The van der Waals surface area contributed by atoms with E-state index in [9.17, 15) is 28.7 Å². The van der Waals surface area contributed by atoms with E-state index in [1.165, 1.54) is 6.07 Å². The molecule has 1 aliphatic carbocycles. The van der Waals surface area contributed by atoms with Gasteiger partial charge in [0, 0.05) is 53.5 Å². The number of nitrogens with zero attached hydrogens (tertiary/aromatic N) is 2. The fraction of sp³-hybridized carbons (Fsp3) is 0.528. The Morgan fingerprint density at radius 1 is 1.15 bits per heavy atom. The summed E-state index contributed by atoms with van der Waals surface area (Å²) in [6.45, 7) is 9.58. The fourth-order valence-electron chi connectivity index (χ4n) is 6.74. The maximum Gasteiger partial charge on any atom is 0.254 e. The Hall–Kier alpha value is -3.80. The minimum atomic E-state index is -1.72. The molecule has 2 aromatic heterocycles. The van der Waals surface area contributed by atoms with Gasteiger partial charge in [0.05, 0.1) is 29.5 Å². The van der Waals surface area contributed by atoms with Crippen LogP contribution in [0.5, 0.6) is 0 Å². The molecule has 0 saturated carbocycles. The van der Waals surface area contributed by atoms with Crippen molar-refractivity contribution < 1.29 is 28.6 Å². The van der Waals surface area contributed by atoms with Gasteiger partial charge in [0.25, 0.3) is 5.56 Å². The number of pyridine rings is 2. The topological polar surface area (TPSA) is 154 Å². The van der Waals surface area contributed by atoms with Gasteiger partial charge in [-0.1, -0.05) is 27.7 Å². The number of rotatable bonds is 13. The van der Waals surface area contributed by atoms with Crippen LogP contribution >= 0.6 is 0 Å². The molecule has 0 unspecified atom stereocenters. The standard InChI is InChI=1S/C36H45FN4O6/c1-6-36(46)26-15-29-33-25(17-41(29)35(45)23(26)10-11-31(36)43)22(24-13-20(4)27(37)16-28(24)40-33)9-7-8-12-47-18-39-34(44)21(5)14-30(42)32(38)19(2)3/h13,15-16,19,21,32,46H,6-12,14,17-18,38H2,1-5H3,(H,39,44)/t21-,32+,36+/m1/s1. The molecule has 11 heteroatoms. The lowest BCUT2D eigenvalue weighted by molar-refractivity contribution is -0.140. The van der Waals surface area contributed by atoms with E-state index in [-0.39, 0.29) is 67.2 Å². The number of benzene rings is 1. The van der Waals surface area contributed by atoms with Gasteiger partial charge in [-0.3, -0.25) is 19.2 Å². The van der Waals surface area contributed by atoms with Gasteiger partial charge in [0.1, 0.15) is 18.1 Å². The fourth-order valence-corrected chi connectivity index (χ4v) is 6.74. The Kier molecular flexibility index (Phi) is 10.1. The molecule has 10 nitrogen and oxygen atoms in total. The molecule has 3 aromatic rings. The summed E-state index contributed by atoms with van der Waals surface area (Å²) >= 11 is 0. The monoisotopic (exact) mass is 648 g/mol. The van der Waals surface area contributed by atoms with E-state index in [2.05, 4.69) is 5.32 Å². The van der Waals surface area contributed by atoms with Crippen molar-refractivity contribution in [2.24, 2.45) is 17.6 Å².